The molecule has 0 unspecified atom stereocenters. The van der Waals surface area contributed by atoms with Crippen molar-refractivity contribution >= 4 is 83.0 Å². The Morgan fingerprint density at radius 1 is 0.565 bits per heavy atom. The number of carboxylic acids is 4. The van der Waals surface area contributed by atoms with Crippen LogP contribution in [0.2, 0.25) is 0 Å². The fourth-order valence-electron chi connectivity index (χ4n) is 1.48. The SMILES string of the molecule is O=C(O)CN(CCN(CC(=O)O)CC(=O)O)CC(=O)O.[Co].[NaH].[NaH]. The van der Waals surface area contributed by atoms with Crippen LogP contribution in [0.15, 0.2) is 0 Å². The molecule has 0 aromatic heterocycles. The van der Waals surface area contributed by atoms with Crippen molar-refractivity contribution in [3.05, 3.63) is 0 Å². The number of rotatable bonds is 11. The number of carboxylic acid groups (broad SMARTS) is 4. The number of hydrogen-bond donors (Lipinski definition) is 4. The predicted octanol–water partition coefficient (Wildman–Crippen LogP) is -3.37. The molecule has 0 aromatic carbocycles. The van der Waals surface area contributed by atoms with Gasteiger partial charge in [-0.05, 0) is 0 Å². The topological polar surface area (TPSA) is 156 Å². The van der Waals surface area contributed by atoms with E-state index in [1.807, 2.05) is 0 Å². The van der Waals surface area contributed by atoms with E-state index in [4.69, 9.17) is 20.4 Å². The van der Waals surface area contributed by atoms with Crippen molar-refractivity contribution in [2.24, 2.45) is 0 Å². The van der Waals surface area contributed by atoms with Crippen LogP contribution in [0.5, 0.6) is 0 Å². The van der Waals surface area contributed by atoms with E-state index in [0.29, 0.717) is 0 Å². The Balaban J connectivity index is -0.000000602. The van der Waals surface area contributed by atoms with Crippen LogP contribution in [0.3, 0.4) is 0 Å². The molecule has 0 saturated heterocycles. The van der Waals surface area contributed by atoms with E-state index >= 15 is 0 Å². The second-order valence-corrected chi connectivity index (χ2v) is 4.00. The summed E-state index contributed by atoms with van der Waals surface area (Å²) in [5, 5.41) is 34.5. The molecule has 0 amide bonds. The molecule has 0 atom stereocenters. The Kier molecular flexibility index (Phi) is 23.2. The molecule has 0 fully saturated rings. The first-order valence-electron chi connectivity index (χ1n) is 5.52. The first kappa shape index (κ1) is 31.1. The molecule has 0 heterocycles. The molecule has 0 spiro atoms. The molecule has 4 N–H and O–H groups in total. The summed E-state index contributed by atoms with van der Waals surface area (Å²) in [5.41, 5.74) is 0. The summed E-state index contributed by atoms with van der Waals surface area (Å²) in [6, 6.07) is 0. The van der Waals surface area contributed by atoms with Gasteiger partial charge in [-0.3, -0.25) is 29.0 Å². The van der Waals surface area contributed by atoms with Gasteiger partial charge >= 0.3 is 83.0 Å². The summed E-state index contributed by atoms with van der Waals surface area (Å²) in [7, 11) is 0. The maximum atomic E-state index is 10.6. The predicted molar refractivity (Wildman–Crippen MR) is 77.7 cm³/mol. The van der Waals surface area contributed by atoms with Gasteiger partial charge in [0, 0.05) is 29.9 Å². The van der Waals surface area contributed by atoms with Crippen molar-refractivity contribution < 1.29 is 56.4 Å². The average Bonchev–Trinajstić information content (AvgIpc) is 2.22. The molecule has 13 heteroatoms. The quantitative estimate of drug-likeness (QED) is 0.259. The van der Waals surface area contributed by atoms with Gasteiger partial charge in [0.1, 0.15) is 0 Å². The zero-order chi connectivity index (χ0) is 15.7. The van der Waals surface area contributed by atoms with Gasteiger partial charge in [0.2, 0.25) is 0 Å². The molecule has 1 radical (unpaired) electrons. The fraction of sp³-hybridized carbons (Fsp3) is 0.600. The molecular weight excluding hydrogens is 381 g/mol. The summed E-state index contributed by atoms with van der Waals surface area (Å²) >= 11 is 0. The summed E-state index contributed by atoms with van der Waals surface area (Å²) in [5.74, 6) is -4.91. The van der Waals surface area contributed by atoms with Crippen LogP contribution >= 0.6 is 0 Å². The molecule has 0 aromatic rings. The third-order valence-corrected chi connectivity index (χ3v) is 2.17. The maximum absolute atomic E-state index is 10.6. The Labute approximate surface area is 187 Å². The van der Waals surface area contributed by atoms with Gasteiger partial charge < -0.3 is 20.4 Å². The zero-order valence-electron chi connectivity index (χ0n) is 10.9. The van der Waals surface area contributed by atoms with Crippen LogP contribution in [0.1, 0.15) is 0 Å². The molecule has 0 bridgehead atoms. The summed E-state index contributed by atoms with van der Waals surface area (Å²) in [4.78, 5) is 44.4. The monoisotopic (exact) mass is 399 g/mol. The minimum atomic E-state index is -1.23. The van der Waals surface area contributed by atoms with Crippen LogP contribution in [-0.2, 0) is 36.0 Å². The Bertz CT molecular complexity index is 331. The first-order chi connectivity index (χ1) is 9.20. The molecule has 127 valence electrons. The molecular formula is C10H18CoN2Na2O8. The first-order valence-corrected chi connectivity index (χ1v) is 5.52. The molecule has 0 saturated carbocycles. The van der Waals surface area contributed by atoms with Crippen LogP contribution in [0.25, 0.3) is 0 Å². The van der Waals surface area contributed by atoms with Gasteiger partial charge in [-0.2, -0.15) is 0 Å². The number of aliphatic carboxylic acids is 4. The molecule has 0 rings (SSSR count). The van der Waals surface area contributed by atoms with E-state index in [0.717, 1.165) is 9.80 Å². The van der Waals surface area contributed by atoms with Gasteiger partial charge in [0.25, 0.3) is 0 Å². The minimum absolute atomic E-state index is 0. The van der Waals surface area contributed by atoms with Gasteiger partial charge in [-0.1, -0.05) is 0 Å². The Morgan fingerprint density at radius 2 is 0.739 bits per heavy atom. The molecule has 0 aliphatic heterocycles. The van der Waals surface area contributed by atoms with Crippen molar-refractivity contribution in [3.8, 4) is 0 Å². The van der Waals surface area contributed by atoms with E-state index in [1.165, 1.54) is 0 Å². The molecule has 23 heavy (non-hydrogen) atoms. The number of nitrogens with zero attached hydrogens (tertiary/aromatic N) is 2. The average molecular weight is 399 g/mol. The number of carbonyl (C=O) groups is 4. The van der Waals surface area contributed by atoms with E-state index in [-0.39, 0.29) is 89.0 Å². The van der Waals surface area contributed by atoms with E-state index in [9.17, 15) is 19.2 Å². The third kappa shape index (κ3) is 20.3. The van der Waals surface area contributed by atoms with Gasteiger partial charge in [0.15, 0.2) is 0 Å². The van der Waals surface area contributed by atoms with Crippen LogP contribution in [-0.4, -0.2) is 152 Å². The standard InChI is InChI=1S/C10H16N2O8.Co.2Na.2H/c13-7(14)3-11(4-8(15)16)1-2-12(5-9(17)18)6-10(19)20;;;;;/h1-6H2,(H,13,14)(H,15,16)(H,17,18)(H,19,20);;;;;. The normalized spacial score (nSPS) is 9.30. The molecule has 0 aliphatic carbocycles. The van der Waals surface area contributed by atoms with Crippen molar-refractivity contribution in [2.75, 3.05) is 39.3 Å². The Morgan fingerprint density at radius 3 is 0.870 bits per heavy atom. The Hall–Kier alpha value is 0.306. The number of hydrogen-bond acceptors (Lipinski definition) is 6. The molecule has 0 aliphatic rings. The summed E-state index contributed by atoms with van der Waals surface area (Å²) < 4.78 is 0. The van der Waals surface area contributed by atoms with Crippen LogP contribution < -0.4 is 0 Å². The second-order valence-electron chi connectivity index (χ2n) is 4.00. The summed E-state index contributed by atoms with van der Waals surface area (Å²) in [6.07, 6.45) is 0. The molecule has 10 nitrogen and oxygen atoms in total. The third-order valence-electron chi connectivity index (χ3n) is 2.17. The van der Waals surface area contributed by atoms with Crippen LogP contribution in [0, 0.1) is 0 Å². The van der Waals surface area contributed by atoms with Gasteiger partial charge in [-0.15, -0.1) is 0 Å². The van der Waals surface area contributed by atoms with Gasteiger partial charge in [0.05, 0.1) is 26.2 Å². The van der Waals surface area contributed by atoms with Gasteiger partial charge in [-0.25, -0.2) is 0 Å². The fourth-order valence-corrected chi connectivity index (χ4v) is 1.48. The van der Waals surface area contributed by atoms with E-state index < -0.39 is 50.1 Å². The van der Waals surface area contributed by atoms with Crippen molar-refractivity contribution in [1.82, 2.24) is 9.80 Å². The van der Waals surface area contributed by atoms with Crippen molar-refractivity contribution in [3.63, 3.8) is 0 Å². The van der Waals surface area contributed by atoms with Crippen molar-refractivity contribution in [1.29, 1.82) is 0 Å². The van der Waals surface area contributed by atoms with E-state index in [2.05, 4.69) is 0 Å². The summed E-state index contributed by atoms with van der Waals surface area (Å²) in [6.45, 7) is -2.25. The second kappa shape index (κ2) is 17.1. The van der Waals surface area contributed by atoms with Crippen molar-refractivity contribution in [2.45, 2.75) is 0 Å². The van der Waals surface area contributed by atoms with Crippen LogP contribution in [0.4, 0.5) is 0 Å². The van der Waals surface area contributed by atoms with E-state index in [1.54, 1.807) is 0 Å². The zero-order valence-corrected chi connectivity index (χ0v) is 11.9.